The molecule has 0 saturated carbocycles. The molecule has 0 bridgehead atoms. The van der Waals surface area contributed by atoms with Gasteiger partial charge in [-0.25, -0.2) is 12.7 Å². The summed E-state index contributed by atoms with van der Waals surface area (Å²) in [4.78, 5) is 0. The van der Waals surface area contributed by atoms with Crippen molar-refractivity contribution in [2.45, 2.75) is 32.2 Å². The number of thioether (sulfide) groups is 1. The van der Waals surface area contributed by atoms with Gasteiger partial charge in [-0.2, -0.15) is 11.8 Å². The fourth-order valence-electron chi connectivity index (χ4n) is 2.36. The average molecular weight is 294 g/mol. The highest BCUT2D eigenvalue weighted by Crippen LogP contribution is 2.19. The Morgan fingerprint density at radius 3 is 2.50 bits per heavy atom. The predicted molar refractivity (Wildman–Crippen MR) is 79.6 cm³/mol. The van der Waals surface area contributed by atoms with E-state index in [9.17, 15) is 8.42 Å². The molecule has 18 heavy (non-hydrogen) atoms. The van der Waals surface area contributed by atoms with E-state index in [2.05, 4.69) is 12.2 Å². The van der Waals surface area contributed by atoms with Gasteiger partial charge in [-0.15, -0.1) is 0 Å². The zero-order valence-electron chi connectivity index (χ0n) is 11.7. The second-order valence-electron chi connectivity index (χ2n) is 5.01. The molecule has 1 fully saturated rings. The van der Waals surface area contributed by atoms with Crippen LogP contribution in [0.1, 0.15) is 26.2 Å². The number of nitrogens with one attached hydrogen (secondary N) is 1. The molecular weight excluding hydrogens is 268 g/mol. The van der Waals surface area contributed by atoms with E-state index in [1.54, 1.807) is 23.1 Å². The number of sulfonamides is 1. The highest BCUT2D eigenvalue weighted by Gasteiger charge is 2.28. The van der Waals surface area contributed by atoms with Crippen LogP contribution in [0.4, 0.5) is 0 Å². The summed E-state index contributed by atoms with van der Waals surface area (Å²) in [5.41, 5.74) is 0. The van der Waals surface area contributed by atoms with E-state index in [1.165, 1.54) is 0 Å². The quantitative estimate of drug-likeness (QED) is 0.771. The first-order valence-corrected chi connectivity index (χ1v) is 9.67. The minimum absolute atomic E-state index is 0.131. The van der Waals surface area contributed by atoms with E-state index in [1.807, 2.05) is 6.26 Å². The van der Waals surface area contributed by atoms with Crippen molar-refractivity contribution in [2.24, 2.45) is 5.92 Å². The lowest BCUT2D eigenvalue weighted by Gasteiger charge is -2.29. The Morgan fingerprint density at radius 1 is 1.39 bits per heavy atom. The third kappa shape index (κ3) is 4.72. The van der Waals surface area contributed by atoms with Gasteiger partial charge in [0.05, 0.1) is 5.75 Å². The van der Waals surface area contributed by atoms with Gasteiger partial charge >= 0.3 is 0 Å². The number of piperidine rings is 1. The molecule has 0 aromatic rings. The minimum atomic E-state index is -3.10. The zero-order valence-corrected chi connectivity index (χ0v) is 13.3. The molecule has 1 atom stereocenters. The number of rotatable bonds is 7. The molecule has 0 aromatic carbocycles. The summed E-state index contributed by atoms with van der Waals surface area (Å²) in [5, 5.41) is 3.27. The van der Waals surface area contributed by atoms with Crippen LogP contribution in [0.15, 0.2) is 0 Å². The Balaban J connectivity index is 2.60. The Labute approximate surface area is 116 Å². The normalized spacial score (nSPS) is 20.2. The monoisotopic (exact) mass is 294 g/mol. The van der Waals surface area contributed by atoms with E-state index < -0.39 is 10.0 Å². The van der Waals surface area contributed by atoms with Crippen LogP contribution in [0.2, 0.25) is 0 Å². The lowest BCUT2D eigenvalue weighted by atomic mass is 10.0. The molecule has 4 nitrogen and oxygen atoms in total. The van der Waals surface area contributed by atoms with Crippen molar-refractivity contribution in [3.63, 3.8) is 0 Å². The van der Waals surface area contributed by atoms with Crippen molar-refractivity contribution in [1.29, 1.82) is 0 Å². The molecule has 108 valence electrons. The lowest BCUT2D eigenvalue weighted by molar-refractivity contribution is 0.363. The maximum atomic E-state index is 12.4. The van der Waals surface area contributed by atoms with E-state index in [-0.39, 0.29) is 6.04 Å². The van der Waals surface area contributed by atoms with Gasteiger partial charge < -0.3 is 5.32 Å². The van der Waals surface area contributed by atoms with Crippen LogP contribution in [0.5, 0.6) is 0 Å². The highest BCUT2D eigenvalue weighted by atomic mass is 32.2. The van der Waals surface area contributed by atoms with Crippen LogP contribution in [-0.2, 0) is 10.0 Å². The van der Waals surface area contributed by atoms with Crippen molar-refractivity contribution in [1.82, 2.24) is 9.62 Å². The van der Waals surface area contributed by atoms with Crippen LogP contribution in [0, 0.1) is 5.92 Å². The van der Waals surface area contributed by atoms with E-state index in [0.29, 0.717) is 11.7 Å². The fourth-order valence-corrected chi connectivity index (χ4v) is 5.14. The van der Waals surface area contributed by atoms with Crippen molar-refractivity contribution in [2.75, 3.05) is 37.9 Å². The summed E-state index contributed by atoms with van der Waals surface area (Å²) in [6.45, 7) is 3.95. The van der Waals surface area contributed by atoms with Gasteiger partial charge in [-0.1, -0.05) is 6.92 Å². The molecule has 0 amide bonds. The molecule has 1 heterocycles. The Bertz CT molecular complexity index is 327. The summed E-state index contributed by atoms with van der Waals surface area (Å²) < 4.78 is 26.3. The zero-order chi connectivity index (χ0) is 13.6. The fraction of sp³-hybridized carbons (Fsp3) is 1.00. The van der Waals surface area contributed by atoms with Crippen LogP contribution in [0.25, 0.3) is 0 Å². The van der Waals surface area contributed by atoms with Gasteiger partial charge in [0.25, 0.3) is 0 Å². The Kier molecular flexibility index (Phi) is 6.98. The number of nitrogens with zero attached hydrogens (tertiary/aromatic N) is 1. The second-order valence-corrected chi connectivity index (χ2v) is 7.99. The van der Waals surface area contributed by atoms with Crippen molar-refractivity contribution in [3.05, 3.63) is 0 Å². The van der Waals surface area contributed by atoms with Crippen molar-refractivity contribution < 1.29 is 8.42 Å². The van der Waals surface area contributed by atoms with Crippen molar-refractivity contribution >= 4 is 21.8 Å². The first kappa shape index (κ1) is 16.3. The van der Waals surface area contributed by atoms with E-state index in [4.69, 9.17) is 0 Å². The Hall–Kier alpha value is 0.220. The molecule has 1 unspecified atom stereocenters. The summed E-state index contributed by atoms with van der Waals surface area (Å²) >= 11 is 1.71. The van der Waals surface area contributed by atoms with E-state index in [0.717, 1.165) is 38.1 Å². The molecule has 1 N–H and O–H groups in total. The van der Waals surface area contributed by atoms with Gasteiger partial charge in [0.2, 0.25) is 10.0 Å². The largest absolute Gasteiger partial charge is 0.317 e. The topological polar surface area (TPSA) is 49.4 Å². The molecule has 1 rings (SSSR count). The van der Waals surface area contributed by atoms with Crippen LogP contribution < -0.4 is 5.32 Å². The van der Waals surface area contributed by atoms with Gasteiger partial charge in [0.1, 0.15) is 0 Å². The summed E-state index contributed by atoms with van der Waals surface area (Å²) in [5.74, 6) is 1.51. The minimum Gasteiger partial charge on any atom is -0.317 e. The molecule has 0 spiro atoms. The molecule has 1 aliphatic rings. The van der Waals surface area contributed by atoms with Gasteiger partial charge in [0.15, 0.2) is 0 Å². The molecule has 0 aliphatic carbocycles. The number of hydrogen-bond donors (Lipinski definition) is 1. The summed E-state index contributed by atoms with van der Waals surface area (Å²) in [6.07, 6.45) is 4.86. The smallest absolute Gasteiger partial charge is 0.214 e. The maximum Gasteiger partial charge on any atom is 0.214 e. The molecule has 0 radical (unpaired) electrons. The van der Waals surface area contributed by atoms with Gasteiger partial charge in [-0.05, 0) is 44.5 Å². The highest BCUT2D eigenvalue weighted by molar-refractivity contribution is 7.98. The maximum absolute atomic E-state index is 12.4. The molecule has 0 aromatic heterocycles. The Morgan fingerprint density at radius 2 is 2.00 bits per heavy atom. The standard InChI is InChI=1S/C12H26N2O2S2/c1-4-12(9-17-3)14(2)18(15,16)10-11-5-7-13-8-6-11/h11-13H,4-10H2,1-3H3. The SMILES string of the molecule is CCC(CSC)N(C)S(=O)(=O)CC1CCNCC1. The second kappa shape index (κ2) is 7.72. The third-order valence-corrected chi connectivity index (χ3v) is 6.47. The molecule has 6 heteroatoms. The average Bonchev–Trinajstić information content (AvgIpc) is 2.36. The molecule has 1 aliphatic heterocycles. The lowest BCUT2D eigenvalue weighted by Crippen LogP contribution is -2.42. The van der Waals surface area contributed by atoms with E-state index >= 15 is 0 Å². The van der Waals surface area contributed by atoms with Gasteiger partial charge in [0, 0.05) is 18.8 Å². The molecular formula is C12H26N2O2S2. The van der Waals surface area contributed by atoms with Crippen LogP contribution in [0.3, 0.4) is 0 Å². The summed E-state index contributed by atoms with van der Waals surface area (Å²) in [7, 11) is -1.36. The summed E-state index contributed by atoms with van der Waals surface area (Å²) in [6, 6.07) is 0.131. The van der Waals surface area contributed by atoms with Crippen LogP contribution in [-0.4, -0.2) is 56.7 Å². The predicted octanol–water partition coefficient (Wildman–Crippen LogP) is 1.39. The third-order valence-electron chi connectivity index (χ3n) is 3.69. The van der Waals surface area contributed by atoms with Crippen LogP contribution >= 0.6 is 11.8 Å². The van der Waals surface area contributed by atoms with Crippen molar-refractivity contribution in [3.8, 4) is 0 Å². The molecule has 1 saturated heterocycles. The number of hydrogen-bond acceptors (Lipinski definition) is 4. The first-order chi connectivity index (χ1) is 8.51. The first-order valence-electron chi connectivity index (χ1n) is 6.66. The van der Waals surface area contributed by atoms with Gasteiger partial charge in [-0.3, -0.25) is 0 Å².